The second-order valence-electron chi connectivity index (χ2n) is 10.2. The van der Waals surface area contributed by atoms with Gasteiger partial charge >= 0.3 is 0 Å². The van der Waals surface area contributed by atoms with E-state index in [9.17, 15) is 5.11 Å². The maximum atomic E-state index is 11.2. The first-order valence-corrected chi connectivity index (χ1v) is 15.0. The molecule has 0 unspecified atom stereocenters. The molecule has 0 saturated heterocycles. The summed E-state index contributed by atoms with van der Waals surface area (Å²) in [5, 5.41) is 11.2. The molecule has 3 rings (SSSR count). The lowest BCUT2D eigenvalue weighted by molar-refractivity contribution is -0.0613. The van der Waals surface area contributed by atoms with Crippen LogP contribution in [0.25, 0.3) is 0 Å². The molecule has 2 bridgehead atoms. The van der Waals surface area contributed by atoms with E-state index in [1.165, 1.54) is 0 Å². The molecule has 0 radical (unpaired) electrons. The zero-order chi connectivity index (χ0) is 24.6. The quantitative estimate of drug-likeness (QED) is 0.358. The average molecular weight is 477 g/mol. The van der Waals surface area contributed by atoms with Crippen molar-refractivity contribution >= 4 is 8.32 Å². The van der Waals surface area contributed by atoms with Gasteiger partial charge in [0.15, 0.2) is 8.32 Å². The van der Waals surface area contributed by atoms with E-state index in [0.717, 1.165) is 46.2 Å². The summed E-state index contributed by atoms with van der Waals surface area (Å²) in [6, 6.07) is 9.36. The van der Waals surface area contributed by atoms with Gasteiger partial charge in [-0.25, -0.2) is 0 Å². The van der Waals surface area contributed by atoms with Crippen molar-refractivity contribution in [2.24, 2.45) is 11.3 Å². The van der Waals surface area contributed by atoms with Gasteiger partial charge in [0.2, 0.25) is 0 Å². The summed E-state index contributed by atoms with van der Waals surface area (Å²) in [6.07, 6.45) is -0.704. The third-order valence-corrected chi connectivity index (χ3v) is 13.3. The Hall–Kier alpha value is -1.18. The lowest BCUT2D eigenvalue weighted by atomic mass is 9.58. The van der Waals surface area contributed by atoms with Gasteiger partial charge in [0.05, 0.1) is 19.3 Å². The summed E-state index contributed by atoms with van der Waals surface area (Å²) in [5.41, 5.74) is 4.01. The van der Waals surface area contributed by atoms with Gasteiger partial charge < -0.3 is 23.7 Å². The van der Waals surface area contributed by atoms with Gasteiger partial charge in [-0.1, -0.05) is 46.8 Å². The molecule has 2 aliphatic rings. The summed E-state index contributed by atoms with van der Waals surface area (Å²) < 4.78 is 25.5. The number of aliphatic hydroxyl groups excluding tert-OH is 1. The maximum absolute atomic E-state index is 11.2. The number of aliphatic hydroxyl groups is 1. The molecule has 2 aliphatic carbocycles. The Kier molecular flexibility index (Phi) is 8.17. The van der Waals surface area contributed by atoms with Crippen LogP contribution in [0.1, 0.15) is 71.3 Å². The smallest absolute Gasteiger partial charge is 0.192 e. The number of hydrogen-bond donors (Lipinski definition) is 1. The number of benzene rings is 1. The number of methoxy groups -OCH3 is 3. The van der Waals surface area contributed by atoms with Crippen LogP contribution in [0.5, 0.6) is 5.75 Å². The monoisotopic (exact) mass is 476 g/mol. The lowest BCUT2D eigenvalue weighted by Gasteiger charge is -2.53. The standard InChI is InChI=1S/C27H44O5Si/c1-10-33(11-2,12-3)32-25-19-16-20(28)17(4)23(27(19,5)6)26(31-9)24(30-8)18-14-13-15-21(29-7)22(18)25/h13-15,19-20,24-26,28H,10-12,16H2,1-9H3/t19-,20-,24+,25-,26+/m0/s1. The predicted octanol–water partition coefficient (Wildman–Crippen LogP) is 6.20. The molecule has 33 heavy (non-hydrogen) atoms. The minimum Gasteiger partial charge on any atom is -0.496 e. The number of fused-ring (bicyclic) bond motifs is 3. The Morgan fingerprint density at radius 1 is 0.970 bits per heavy atom. The SMILES string of the molecule is CC[Si](CC)(CC)O[C@@H]1c2c(OC)cccc2[C@@H](OC)[C@H](OC)C2=C(C)[C@@H](O)C[C@@H]1C2(C)C. The maximum Gasteiger partial charge on any atom is 0.192 e. The Morgan fingerprint density at radius 2 is 1.58 bits per heavy atom. The number of hydrogen-bond acceptors (Lipinski definition) is 5. The molecule has 0 amide bonds. The van der Waals surface area contributed by atoms with E-state index in [0.29, 0.717) is 6.42 Å². The Morgan fingerprint density at radius 3 is 2.09 bits per heavy atom. The third kappa shape index (κ3) is 4.34. The van der Waals surface area contributed by atoms with E-state index in [1.54, 1.807) is 21.3 Å². The summed E-state index contributed by atoms with van der Waals surface area (Å²) >= 11 is 0. The van der Waals surface area contributed by atoms with E-state index >= 15 is 0 Å². The first-order valence-electron chi connectivity index (χ1n) is 12.5. The second-order valence-corrected chi connectivity index (χ2v) is 15.0. The first-order chi connectivity index (χ1) is 15.7. The van der Waals surface area contributed by atoms with E-state index in [2.05, 4.69) is 40.7 Å². The molecule has 5 atom stereocenters. The molecule has 1 aromatic carbocycles. The molecule has 1 N–H and O–H groups in total. The molecular weight excluding hydrogens is 432 g/mol. The molecule has 0 fully saturated rings. The molecule has 0 saturated carbocycles. The fourth-order valence-corrected chi connectivity index (χ4v) is 9.22. The molecule has 0 spiro atoms. The summed E-state index contributed by atoms with van der Waals surface area (Å²) in [4.78, 5) is 0. The average Bonchev–Trinajstić information content (AvgIpc) is 2.82. The molecule has 0 aromatic heterocycles. The summed E-state index contributed by atoms with van der Waals surface area (Å²) in [7, 11) is 3.21. The molecule has 0 aliphatic heterocycles. The van der Waals surface area contributed by atoms with Gasteiger partial charge in [0.1, 0.15) is 18.0 Å². The topological polar surface area (TPSA) is 57.2 Å². The van der Waals surface area contributed by atoms with Gasteiger partial charge in [-0.2, -0.15) is 0 Å². The van der Waals surface area contributed by atoms with Crippen molar-refractivity contribution < 1.29 is 23.7 Å². The van der Waals surface area contributed by atoms with E-state index < -0.39 is 14.4 Å². The Balaban J connectivity index is 2.40. The van der Waals surface area contributed by atoms with Gasteiger partial charge in [-0.3, -0.25) is 0 Å². The van der Waals surface area contributed by atoms with Crippen molar-refractivity contribution in [3.05, 3.63) is 40.5 Å². The van der Waals surface area contributed by atoms with Crippen LogP contribution in [0.15, 0.2) is 29.3 Å². The van der Waals surface area contributed by atoms with Crippen molar-refractivity contribution in [1.82, 2.24) is 0 Å². The minimum atomic E-state index is -1.99. The predicted molar refractivity (Wildman–Crippen MR) is 135 cm³/mol. The Labute approximate surface area is 201 Å². The minimum absolute atomic E-state index is 0.0771. The normalized spacial score (nSPS) is 29.3. The zero-order valence-corrected chi connectivity index (χ0v) is 23.0. The van der Waals surface area contributed by atoms with Crippen molar-refractivity contribution in [2.75, 3.05) is 21.3 Å². The van der Waals surface area contributed by atoms with E-state index in [1.807, 2.05) is 19.1 Å². The summed E-state index contributed by atoms with van der Waals surface area (Å²) in [5.74, 6) is 0.897. The van der Waals surface area contributed by atoms with Crippen LogP contribution in [-0.2, 0) is 13.9 Å². The van der Waals surface area contributed by atoms with Crippen LogP contribution < -0.4 is 4.74 Å². The molecule has 0 heterocycles. The Bertz CT molecular complexity index is 852. The fraction of sp³-hybridized carbons (Fsp3) is 0.704. The van der Waals surface area contributed by atoms with Crippen LogP contribution in [0, 0.1) is 11.3 Å². The van der Waals surface area contributed by atoms with Gasteiger partial charge in [0.25, 0.3) is 0 Å². The molecular formula is C27H44O5Si. The van der Waals surface area contributed by atoms with Crippen LogP contribution >= 0.6 is 0 Å². The molecule has 1 aromatic rings. The van der Waals surface area contributed by atoms with Gasteiger partial charge in [-0.05, 0) is 65.6 Å². The largest absolute Gasteiger partial charge is 0.496 e. The van der Waals surface area contributed by atoms with Crippen molar-refractivity contribution in [3.63, 3.8) is 0 Å². The van der Waals surface area contributed by atoms with Crippen LogP contribution in [0.4, 0.5) is 0 Å². The third-order valence-electron chi connectivity index (χ3n) is 8.68. The first kappa shape index (κ1) is 26.4. The molecule has 6 heteroatoms. The summed E-state index contributed by atoms with van der Waals surface area (Å²) in [6.45, 7) is 13.4. The fourth-order valence-electron chi connectivity index (χ4n) is 6.40. The second kappa shape index (κ2) is 10.2. The van der Waals surface area contributed by atoms with Crippen LogP contribution in [0.2, 0.25) is 18.1 Å². The highest BCUT2D eigenvalue weighted by Gasteiger charge is 2.53. The van der Waals surface area contributed by atoms with Gasteiger partial charge in [0, 0.05) is 19.8 Å². The molecule has 5 nitrogen and oxygen atoms in total. The van der Waals surface area contributed by atoms with Gasteiger partial charge in [-0.15, -0.1) is 0 Å². The van der Waals surface area contributed by atoms with Crippen molar-refractivity contribution in [2.45, 2.75) is 90.5 Å². The zero-order valence-electron chi connectivity index (χ0n) is 22.0. The van der Waals surface area contributed by atoms with E-state index in [4.69, 9.17) is 18.6 Å². The lowest BCUT2D eigenvalue weighted by Crippen LogP contribution is -2.50. The van der Waals surface area contributed by atoms with Crippen LogP contribution in [-0.4, -0.2) is 47.0 Å². The highest BCUT2D eigenvalue weighted by molar-refractivity contribution is 6.73. The van der Waals surface area contributed by atoms with Crippen molar-refractivity contribution in [1.29, 1.82) is 0 Å². The van der Waals surface area contributed by atoms with Crippen molar-refractivity contribution in [3.8, 4) is 5.75 Å². The van der Waals surface area contributed by atoms with E-state index in [-0.39, 0.29) is 29.6 Å². The highest BCUT2D eigenvalue weighted by Crippen LogP contribution is 2.58. The number of rotatable bonds is 8. The number of ether oxygens (including phenoxy) is 3. The highest BCUT2D eigenvalue weighted by atomic mass is 28.4. The van der Waals surface area contributed by atoms with Crippen LogP contribution in [0.3, 0.4) is 0 Å². The molecule has 186 valence electrons.